The number of carbonyl (C=O) groups is 2. The molecule has 0 bridgehead atoms. The summed E-state index contributed by atoms with van der Waals surface area (Å²) in [6, 6.07) is 4.05. The average Bonchev–Trinajstić information content (AvgIpc) is 2.62. The molecule has 2 aliphatic heterocycles. The van der Waals surface area contributed by atoms with Gasteiger partial charge in [0, 0.05) is 43.7 Å². The molecule has 0 N–H and O–H groups in total. The summed E-state index contributed by atoms with van der Waals surface area (Å²) in [5, 5.41) is 0. The molecule has 25 heavy (non-hydrogen) atoms. The molecule has 3 rings (SSSR count). The Morgan fingerprint density at radius 3 is 2.32 bits per heavy atom. The first kappa shape index (κ1) is 18.3. The minimum absolute atomic E-state index is 0.0944. The fourth-order valence-corrected chi connectivity index (χ4v) is 3.56. The lowest BCUT2D eigenvalue weighted by Crippen LogP contribution is -2.53. The van der Waals surface area contributed by atoms with E-state index in [4.69, 9.17) is 4.74 Å². The molecule has 1 aromatic rings. The molecule has 0 spiro atoms. The molecule has 0 saturated carbocycles. The van der Waals surface area contributed by atoms with Crippen LogP contribution < -0.4 is 0 Å². The highest BCUT2D eigenvalue weighted by Gasteiger charge is 2.27. The number of hydrogen-bond donors (Lipinski definition) is 0. The van der Waals surface area contributed by atoms with Crippen LogP contribution in [0.4, 0.5) is 4.39 Å². The van der Waals surface area contributed by atoms with Crippen molar-refractivity contribution in [1.29, 1.82) is 0 Å². The second-order valence-electron chi connectivity index (χ2n) is 6.19. The zero-order valence-electron chi connectivity index (χ0n) is 13.9. The molecular weight excluding hydrogens is 393 g/mol. The van der Waals surface area contributed by atoms with Gasteiger partial charge in [0.05, 0.1) is 25.3 Å². The van der Waals surface area contributed by atoms with Gasteiger partial charge in [0.15, 0.2) is 0 Å². The van der Waals surface area contributed by atoms with Crippen LogP contribution in [-0.2, 0) is 9.53 Å². The number of piperazine rings is 1. The van der Waals surface area contributed by atoms with Gasteiger partial charge in [0.25, 0.3) is 5.91 Å². The van der Waals surface area contributed by atoms with Gasteiger partial charge in [-0.25, -0.2) is 4.39 Å². The highest BCUT2D eigenvalue weighted by molar-refractivity contribution is 9.10. The quantitative estimate of drug-likeness (QED) is 0.746. The maximum atomic E-state index is 13.2. The molecule has 0 aliphatic carbocycles. The van der Waals surface area contributed by atoms with Crippen LogP contribution in [0.15, 0.2) is 22.7 Å². The van der Waals surface area contributed by atoms with E-state index in [0.29, 0.717) is 56.0 Å². The number of halogens is 2. The van der Waals surface area contributed by atoms with Crippen molar-refractivity contribution in [3.8, 4) is 0 Å². The van der Waals surface area contributed by atoms with E-state index in [1.807, 2.05) is 0 Å². The third-order valence-electron chi connectivity index (χ3n) is 4.54. The molecule has 2 heterocycles. The van der Waals surface area contributed by atoms with Crippen molar-refractivity contribution in [3.63, 3.8) is 0 Å². The first-order valence-corrected chi connectivity index (χ1v) is 9.16. The van der Waals surface area contributed by atoms with Gasteiger partial charge < -0.3 is 14.5 Å². The summed E-state index contributed by atoms with van der Waals surface area (Å²) >= 11 is 3.24. The molecule has 0 unspecified atom stereocenters. The van der Waals surface area contributed by atoms with E-state index in [2.05, 4.69) is 20.8 Å². The van der Waals surface area contributed by atoms with Crippen molar-refractivity contribution in [1.82, 2.24) is 14.7 Å². The van der Waals surface area contributed by atoms with Crippen LogP contribution in [0.3, 0.4) is 0 Å². The Bertz CT molecular complexity index is 644. The number of hydrogen-bond acceptors (Lipinski definition) is 4. The number of carbonyl (C=O) groups excluding carboxylic acids is 2. The maximum absolute atomic E-state index is 13.2. The highest BCUT2D eigenvalue weighted by atomic mass is 79.9. The molecule has 6 nitrogen and oxygen atoms in total. The van der Waals surface area contributed by atoms with Gasteiger partial charge in [0.1, 0.15) is 5.82 Å². The van der Waals surface area contributed by atoms with E-state index in [9.17, 15) is 14.0 Å². The number of rotatable bonds is 3. The van der Waals surface area contributed by atoms with Gasteiger partial charge >= 0.3 is 0 Å². The molecule has 0 radical (unpaired) electrons. The third-order valence-corrected chi connectivity index (χ3v) is 5.20. The molecule has 136 valence electrons. The zero-order chi connectivity index (χ0) is 17.8. The summed E-state index contributed by atoms with van der Waals surface area (Å²) in [4.78, 5) is 30.6. The van der Waals surface area contributed by atoms with Crippen LogP contribution in [0.5, 0.6) is 0 Å². The van der Waals surface area contributed by atoms with Gasteiger partial charge in [-0.1, -0.05) is 0 Å². The van der Waals surface area contributed by atoms with Crippen molar-refractivity contribution in [2.45, 2.75) is 0 Å². The van der Waals surface area contributed by atoms with Crippen molar-refractivity contribution in [2.75, 3.05) is 59.0 Å². The standard InChI is InChI=1S/C17H21BrFN3O3/c18-15-11-13(19)1-2-14(15)17(24)22-5-3-21(4-6-22)16(23)12-20-7-9-25-10-8-20/h1-2,11H,3-10,12H2. The first-order valence-electron chi connectivity index (χ1n) is 8.37. The Hall–Kier alpha value is -1.51. The largest absolute Gasteiger partial charge is 0.379 e. The predicted molar refractivity (Wildman–Crippen MR) is 93.8 cm³/mol. The van der Waals surface area contributed by atoms with E-state index >= 15 is 0 Å². The molecule has 0 aromatic heterocycles. The second kappa shape index (κ2) is 8.25. The Morgan fingerprint density at radius 2 is 1.68 bits per heavy atom. The summed E-state index contributed by atoms with van der Waals surface area (Å²) in [6.07, 6.45) is 0. The van der Waals surface area contributed by atoms with Crippen molar-refractivity contribution >= 4 is 27.7 Å². The first-order chi connectivity index (χ1) is 12.0. The average molecular weight is 414 g/mol. The van der Waals surface area contributed by atoms with Crippen molar-refractivity contribution < 1.29 is 18.7 Å². The predicted octanol–water partition coefficient (Wildman–Crippen LogP) is 1.20. The maximum Gasteiger partial charge on any atom is 0.255 e. The number of benzene rings is 1. The molecule has 2 saturated heterocycles. The second-order valence-corrected chi connectivity index (χ2v) is 7.04. The van der Waals surface area contributed by atoms with Gasteiger partial charge in [-0.3, -0.25) is 14.5 Å². The number of morpholine rings is 1. The van der Waals surface area contributed by atoms with Crippen LogP contribution in [-0.4, -0.2) is 85.5 Å². The molecule has 0 atom stereocenters. The summed E-state index contributed by atoms with van der Waals surface area (Å²) in [5.74, 6) is -0.439. The Balaban J connectivity index is 1.52. The Morgan fingerprint density at radius 1 is 1.04 bits per heavy atom. The topological polar surface area (TPSA) is 53.1 Å². The zero-order valence-corrected chi connectivity index (χ0v) is 15.5. The van der Waals surface area contributed by atoms with E-state index in [1.54, 1.807) is 9.80 Å². The lowest BCUT2D eigenvalue weighted by molar-refractivity contribution is -0.134. The molecule has 1 aromatic carbocycles. The van der Waals surface area contributed by atoms with Crippen LogP contribution in [0.25, 0.3) is 0 Å². The summed E-state index contributed by atoms with van der Waals surface area (Å²) in [6.45, 7) is 5.31. The highest BCUT2D eigenvalue weighted by Crippen LogP contribution is 2.20. The smallest absolute Gasteiger partial charge is 0.255 e. The van der Waals surface area contributed by atoms with Crippen molar-refractivity contribution in [2.24, 2.45) is 0 Å². The minimum Gasteiger partial charge on any atom is -0.379 e. The van der Waals surface area contributed by atoms with E-state index in [1.165, 1.54) is 18.2 Å². The minimum atomic E-state index is -0.387. The molecule has 2 fully saturated rings. The molecule has 8 heteroatoms. The molecular formula is C17H21BrFN3O3. The lowest BCUT2D eigenvalue weighted by Gasteiger charge is -2.36. The monoisotopic (exact) mass is 413 g/mol. The number of amides is 2. The summed E-state index contributed by atoms with van der Waals surface area (Å²) < 4.78 is 18.9. The Kier molecular flexibility index (Phi) is 6.03. The van der Waals surface area contributed by atoms with Crippen molar-refractivity contribution in [3.05, 3.63) is 34.1 Å². The normalized spacial score (nSPS) is 19.1. The third kappa shape index (κ3) is 4.56. The van der Waals surface area contributed by atoms with Crippen LogP contribution in [0.2, 0.25) is 0 Å². The lowest BCUT2D eigenvalue weighted by atomic mass is 10.1. The van der Waals surface area contributed by atoms with Gasteiger partial charge in [0.2, 0.25) is 5.91 Å². The van der Waals surface area contributed by atoms with Crippen LogP contribution in [0.1, 0.15) is 10.4 Å². The summed E-state index contributed by atoms with van der Waals surface area (Å²) in [7, 11) is 0. The molecule has 2 amide bonds. The Labute approximate surface area is 154 Å². The SMILES string of the molecule is O=C(CN1CCOCC1)N1CCN(C(=O)c2ccc(F)cc2Br)CC1. The van der Waals surface area contributed by atoms with E-state index < -0.39 is 0 Å². The van der Waals surface area contributed by atoms with E-state index in [-0.39, 0.29) is 17.6 Å². The van der Waals surface area contributed by atoms with Gasteiger partial charge in [-0.05, 0) is 34.1 Å². The summed E-state index contributed by atoms with van der Waals surface area (Å²) in [5.41, 5.74) is 0.439. The fourth-order valence-electron chi connectivity index (χ4n) is 3.04. The molecule has 2 aliphatic rings. The van der Waals surface area contributed by atoms with Gasteiger partial charge in [-0.2, -0.15) is 0 Å². The van der Waals surface area contributed by atoms with Gasteiger partial charge in [-0.15, -0.1) is 0 Å². The number of nitrogens with zero attached hydrogens (tertiary/aromatic N) is 3. The number of ether oxygens (including phenoxy) is 1. The fraction of sp³-hybridized carbons (Fsp3) is 0.529. The van der Waals surface area contributed by atoms with E-state index in [0.717, 1.165) is 13.1 Å². The van der Waals surface area contributed by atoms with Crippen LogP contribution in [0, 0.1) is 5.82 Å². The van der Waals surface area contributed by atoms with Crippen LogP contribution >= 0.6 is 15.9 Å².